The third-order valence-corrected chi connectivity index (χ3v) is 4.90. The van der Waals surface area contributed by atoms with Crippen LogP contribution in [0, 0.1) is 11.2 Å². The van der Waals surface area contributed by atoms with Crippen molar-refractivity contribution < 1.29 is 18.7 Å². The maximum absolute atomic E-state index is 13.7. The van der Waals surface area contributed by atoms with E-state index in [1.165, 1.54) is 19.2 Å². The van der Waals surface area contributed by atoms with Crippen LogP contribution in [-0.2, 0) is 16.1 Å². The quantitative estimate of drug-likeness (QED) is 0.817. The van der Waals surface area contributed by atoms with Gasteiger partial charge in [-0.3, -0.25) is 4.79 Å². The summed E-state index contributed by atoms with van der Waals surface area (Å²) in [5, 5.41) is 2.80. The molecule has 0 saturated heterocycles. The first kappa shape index (κ1) is 20.7. The average molecular weight is 361 g/mol. The SMILES string of the molecule is CCOC1CC(N)(C(=O)NCc2ccc(OC)c(F)c2)C1(C)C.Cl. The van der Waals surface area contributed by atoms with Gasteiger partial charge in [-0.25, -0.2) is 4.39 Å². The van der Waals surface area contributed by atoms with Crippen LogP contribution in [0.2, 0.25) is 0 Å². The lowest BCUT2D eigenvalue weighted by Gasteiger charge is -2.57. The largest absolute Gasteiger partial charge is 0.494 e. The highest BCUT2D eigenvalue weighted by Gasteiger charge is 2.62. The summed E-state index contributed by atoms with van der Waals surface area (Å²) in [6.07, 6.45) is 0.457. The number of nitrogens with one attached hydrogen (secondary N) is 1. The van der Waals surface area contributed by atoms with Crippen molar-refractivity contribution >= 4 is 18.3 Å². The Morgan fingerprint density at radius 1 is 1.46 bits per heavy atom. The van der Waals surface area contributed by atoms with E-state index in [-0.39, 0.29) is 36.7 Å². The van der Waals surface area contributed by atoms with Crippen LogP contribution in [0.5, 0.6) is 5.75 Å². The summed E-state index contributed by atoms with van der Waals surface area (Å²) in [5.41, 5.74) is 5.53. The lowest BCUT2D eigenvalue weighted by Crippen LogP contribution is -2.75. The molecule has 3 N–H and O–H groups in total. The summed E-state index contributed by atoms with van der Waals surface area (Å²) in [7, 11) is 1.41. The number of rotatable bonds is 6. The van der Waals surface area contributed by atoms with E-state index in [1.54, 1.807) is 6.07 Å². The molecule has 2 atom stereocenters. The van der Waals surface area contributed by atoms with Gasteiger partial charge in [0.15, 0.2) is 11.6 Å². The molecule has 0 bridgehead atoms. The van der Waals surface area contributed by atoms with Crippen molar-refractivity contribution in [2.24, 2.45) is 11.1 Å². The van der Waals surface area contributed by atoms with Gasteiger partial charge in [0.25, 0.3) is 0 Å². The fourth-order valence-corrected chi connectivity index (χ4v) is 2.98. The van der Waals surface area contributed by atoms with Crippen LogP contribution < -0.4 is 15.8 Å². The predicted molar refractivity (Wildman–Crippen MR) is 92.8 cm³/mol. The van der Waals surface area contributed by atoms with Crippen LogP contribution in [0.15, 0.2) is 18.2 Å². The van der Waals surface area contributed by atoms with E-state index in [1.807, 2.05) is 20.8 Å². The molecule has 7 heteroatoms. The predicted octanol–water partition coefficient (Wildman–Crippen LogP) is 2.40. The molecule has 136 valence electrons. The van der Waals surface area contributed by atoms with Crippen LogP contribution in [0.1, 0.15) is 32.8 Å². The molecule has 5 nitrogen and oxygen atoms in total. The Balaban J connectivity index is 0.00000288. The van der Waals surface area contributed by atoms with Gasteiger partial charge in [-0.05, 0) is 24.6 Å². The Morgan fingerprint density at radius 2 is 2.12 bits per heavy atom. The first-order valence-corrected chi connectivity index (χ1v) is 7.77. The van der Waals surface area contributed by atoms with Crippen LogP contribution in [-0.4, -0.2) is 31.3 Å². The van der Waals surface area contributed by atoms with Crippen molar-refractivity contribution in [1.82, 2.24) is 5.32 Å². The third kappa shape index (κ3) is 3.50. The summed E-state index contributed by atoms with van der Waals surface area (Å²) >= 11 is 0. The Kier molecular flexibility index (Phi) is 6.61. The smallest absolute Gasteiger partial charge is 0.241 e. The number of nitrogens with two attached hydrogens (primary N) is 1. The minimum absolute atomic E-state index is 0. The fourth-order valence-electron chi connectivity index (χ4n) is 2.98. The van der Waals surface area contributed by atoms with Crippen LogP contribution in [0.4, 0.5) is 4.39 Å². The van der Waals surface area contributed by atoms with E-state index >= 15 is 0 Å². The lowest BCUT2D eigenvalue weighted by atomic mass is 9.54. The van der Waals surface area contributed by atoms with E-state index in [0.717, 1.165) is 0 Å². The molecular weight excluding hydrogens is 335 g/mol. The van der Waals surface area contributed by atoms with Crippen molar-refractivity contribution in [3.63, 3.8) is 0 Å². The first-order valence-electron chi connectivity index (χ1n) is 7.77. The van der Waals surface area contributed by atoms with E-state index in [2.05, 4.69) is 5.32 Å². The zero-order chi connectivity index (χ0) is 17.3. The molecule has 1 aromatic rings. The number of carbonyl (C=O) groups is 1. The Morgan fingerprint density at radius 3 is 2.62 bits per heavy atom. The molecule has 1 saturated carbocycles. The Labute approximate surface area is 148 Å². The molecule has 2 unspecified atom stereocenters. The van der Waals surface area contributed by atoms with Gasteiger partial charge < -0.3 is 20.5 Å². The molecule has 2 rings (SSSR count). The van der Waals surface area contributed by atoms with Gasteiger partial charge in [0.05, 0.1) is 13.2 Å². The van der Waals surface area contributed by atoms with E-state index in [0.29, 0.717) is 18.6 Å². The molecular formula is C17H26ClFN2O3. The van der Waals surface area contributed by atoms with Gasteiger partial charge in [0.1, 0.15) is 5.54 Å². The summed E-state index contributed by atoms with van der Waals surface area (Å²) in [4.78, 5) is 12.5. The fraction of sp³-hybridized carbons (Fsp3) is 0.588. The van der Waals surface area contributed by atoms with Crippen molar-refractivity contribution in [2.45, 2.75) is 45.4 Å². The molecule has 24 heavy (non-hydrogen) atoms. The maximum Gasteiger partial charge on any atom is 0.241 e. The summed E-state index contributed by atoms with van der Waals surface area (Å²) in [6.45, 7) is 6.60. The van der Waals surface area contributed by atoms with Crippen molar-refractivity contribution in [2.75, 3.05) is 13.7 Å². The molecule has 0 heterocycles. The minimum Gasteiger partial charge on any atom is -0.494 e. The molecule has 1 aliphatic rings. The van der Waals surface area contributed by atoms with Gasteiger partial charge in [0, 0.05) is 25.0 Å². The highest BCUT2D eigenvalue weighted by molar-refractivity contribution is 5.88. The molecule has 1 fully saturated rings. The summed E-state index contributed by atoms with van der Waals surface area (Å²) in [5.74, 6) is -0.521. The first-order chi connectivity index (χ1) is 10.8. The number of benzene rings is 1. The lowest BCUT2D eigenvalue weighted by molar-refractivity contribution is -0.170. The van der Waals surface area contributed by atoms with Crippen molar-refractivity contribution in [3.05, 3.63) is 29.6 Å². The maximum atomic E-state index is 13.7. The normalized spacial score (nSPS) is 24.5. The Bertz CT molecular complexity index is 597. The summed E-state index contributed by atoms with van der Waals surface area (Å²) in [6, 6.07) is 4.59. The molecule has 0 aliphatic heterocycles. The molecule has 1 aromatic carbocycles. The van der Waals surface area contributed by atoms with Crippen LogP contribution in [0.3, 0.4) is 0 Å². The van der Waals surface area contributed by atoms with Gasteiger partial charge in [-0.15, -0.1) is 12.4 Å². The Hall–Kier alpha value is -1.37. The second-order valence-corrected chi connectivity index (χ2v) is 6.49. The molecule has 0 aromatic heterocycles. The van der Waals surface area contributed by atoms with Gasteiger partial charge in [-0.1, -0.05) is 19.9 Å². The summed E-state index contributed by atoms with van der Waals surface area (Å²) < 4.78 is 24.2. The second-order valence-electron chi connectivity index (χ2n) is 6.49. The van der Waals surface area contributed by atoms with Gasteiger partial charge in [0.2, 0.25) is 5.91 Å². The third-order valence-electron chi connectivity index (χ3n) is 4.90. The zero-order valence-corrected chi connectivity index (χ0v) is 15.3. The standard InChI is InChI=1S/C17H25FN2O3.ClH/c1-5-23-14-9-17(19,16(14,2)3)15(21)20-10-11-6-7-13(22-4)12(18)8-11;/h6-8,14H,5,9-10,19H2,1-4H3,(H,20,21);1H. The molecule has 1 amide bonds. The molecule has 0 radical (unpaired) electrons. The van der Waals surface area contributed by atoms with Crippen molar-refractivity contribution in [3.8, 4) is 5.75 Å². The zero-order valence-electron chi connectivity index (χ0n) is 14.5. The topological polar surface area (TPSA) is 73.6 Å². The number of halogens is 2. The minimum atomic E-state index is -0.974. The van der Waals surface area contributed by atoms with Gasteiger partial charge >= 0.3 is 0 Å². The monoisotopic (exact) mass is 360 g/mol. The van der Waals surface area contributed by atoms with Crippen molar-refractivity contribution in [1.29, 1.82) is 0 Å². The number of hydrogen-bond acceptors (Lipinski definition) is 4. The van der Waals surface area contributed by atoms with E-state index in [4.69, 9.17) is 15.2 Å². The van der Waals surface area contributed by atoms with Crippen LogP contribution in [0.25, 0.3) is 0 Å². The number of carbonyl (C=O) groups excluding carboxylic acids is 1. The molecule has 0 spiro atoms. The number of amides is 1. The van der Waals surface area contributed by atoms with Crippen LogP contribution >= 0.6 is 12.4 Å². The van der Waals surface area contributed by atoms with Gasteiger partial charge in [-0.2, -0.15) is 0 Å². The van der Waals surface area contributed by atoms with E-state index in [9.17, 15) is 9.18 Å². The van der Waals surface area contributed by atoms with E-state index < -0.39 is 16.8 Å². The average Bonchev–Trinajstić information content (AvgIpc) is 2.52. The second kappa shape index (κ2) is 7.68. The highest BCUT2D eigenvalue weighted by atomic mass is 35.5. The number of ether oxygens (including phenoxy) is 2. The number of methoxy groups -OCH3 is 1. The number of hydrogen-bond donors (Lipinski definition) is 2. The molecule has 1 aliphatic carbocycles. The highest BCUT2D eigenvalue weighted by Crippen LogP contribution is 2.49.